The van der Waals surface area contributed by atoms with Crippen LogP contribution in [0.2, 0.25) is 0 Å². The molecular weight excluding hydrogens is 392 g/mol. The van der Waals surface area contributed by atoms with E-state index in [1.807, 2.05) is 30.8 Å². The molecule has 0 unspecified atom stereocenters. The smallest absolute Gasteiger partial charge is 0.141 e. The molecule has 1 atom stereocenters. The van der Waals surface area contributed by atoms with E-state index in [-0.39, 0.29) is 11.0 Å². The Balaban J connectivity index is 1.49. The molecule has 5 nitrogen and oxygen atoms in total. The van der Waals surface area contributed by atoms with Gasteiger partial charge in [0.2, 0.25) is 0 Å². The van der Waals surface area contributed by atoms with Gasteiger partial charge in [-0.3, -0.25) is 9.88 Å². The maximum absolute atomic E-state index is 6.00. The zero-order valence-electron chi connectivity index (χ0n) is 18.9. The van der Waals surface area contributed by atoms with Crippen LogP contribution in [-0.2, 0) is 23.7 Å². The minimum Gasteiger partial charge on any atom is -0.381 e. The monoisotopic (exact) mass is 426 g/mol. The topological polar surface area (TPSA) is 43.2 Å². The molecule has 0 saturated carbocycles. The predicted octanol–water partition coefficient (Wildman–Crippen LogP) is 4.93. The maximum Gasteiger partial charge on any atom is 0.141 e. The number of thiophene rings is 1. The van der Waals surface area contributed by atoms with Crippen LogP contribution >= 0.6 is 11.3 Å². The molecule has 1 saturated heterocycles. The van der Waals surface area contributed by atoms with Crippen LogP contribution in [0.4, 0.5) is 0 Å². The van der Waals surface area contributed by atoms with Crippen LogP contribution in [0.25, 0.3) is 10.3 Å². The summed E-state index contributed by atoms with van der Waals surface area (Å²) in [6.45, 7) is 12.6. The molecule has 1 fully saturated rings. The number of fused-ring (bicyclic) bond motifs is 1. The number of pyridine rings is 1. The highest BCUT2D eigenvalue weighted by atomic mass is 32.1. The van der Waals surface area contributed by atoms with Crippen molar-refractivity contribution in [2.24, 2.45) is 12.5 Å². The Bertz CT molecular complexity index is 990. The van der Waals surface area contributed by atoms with E-state index in [9.17, 15) is 0 Å². The average molecular weight is 427 g/mol. The van der Waals surface area contributed by atoms with E-state index in [2.05, 4.69) is 65.5 Å². The standard InChI is InChI=1S/C24H34N4OS/c1-6-29-16-24(10-9-20-13-21-22(30-20)26-17-27(21)5)11-12-28(15-24)23(3,4)19-8-7-18(2)25-14-19/h7-8,13-14,17H,6,9-12,15-16H2,1-5H3/t24-/m1/s1. The summed E-state index contributed by atoms with van der Waals surface area (Å²) in [5.41, 5.74) is 3.77. The highest BCUT2D eigenvalue weighted by Gasteiger charge is 2.43. The summed E-state index contributed by atoms with van der Waals surface area (Å²) in [5, 5.41) is 0. The molecule has 1 aliphatic heterocycles. The lowest BCUT2D eigenvalue weighted by molar-refractivity contribution is 0.0386. The summed E-state index contributed by atoms with van der Waals surface area (Å²) in [6, 6.07) is 6.67. The van der Waals surface area contributed by atoms with Crippen molar-refractivity contribution < 1.29 is 4.74 Å². The molecule has 30 heavy (non-hydrogen) atoms. The van der Waals surface area contributed by atoms with Crippen molar-refractivity contribution >= 4 is 21.7 Å². The lowest BCUT2D eigenvalue weighted by Crippen LogP contribution is -2.42. The predicted molar refractivity (Wildman–Crippen MR) is 124 cm³/mol. The number of hydrogen-bond donors (Lipinski definition) is 0. The number of hydrogen-bond acceptors (Lipinski definition) is 5. The molecular formula is C24H34N4OS. The lowest BCUT2D eigenvalue weighted by atomic mass is 9.82. The first kappa shape index (κ1) is 21.5. The number of imidazole rings is 1. The minimum absolute atomic E-state index is 0.0316. The quantitative estimate of drug-likeness (QED) is 0.512. The van der Waals surface area contributed by atoms with Crippen molar-refractivity contribution in [3.05, 3.63) is 46.9 Å². The molecule has 0 N–H and O–H groups in total. The van der Waals surface area contributed by atoms with Crippen LogP contribution < -0.4 is 0 Å². The van der Waals surface area contributed by atoms with Crippen LogP contribution in [0.5, 0.6) is 0 Å². The summed E-state index contributed by atoms with van der Waals surface area (Å²) < 4.78 is 8.11. The lowest BCUT2D eigenvalue weighted by Gasteiger charge is -2.38. The maximum atomic E-state index is 6.00. The summed E-state index contributed by atoms with van der Waals surface area (Å²) in [6.07, 6.45) is 7.37. The van der Waals surface area contributed by atoms with Crippen LogP contribution in [0.1, 0.15) is 49.7 Å². The third-order valence-corrected chi connectivity index (χ3v) is 7.93. The van der Waals surface area contributed by atoms with Gasteiger partial charge in [0.05, 0.1) is 18.5 Å². The first-order valence-corrected chi connectivity index (χ1v) is 11.8. The van der Waals surface area contributed by atoms with Crippen molar-refractivity contribution in [2.45, 2.75) is 52.5 Å². The largest absolute Gasteiger partial charge is 0.381 e. The molecule has 0 aromatic carbocycles. The van der Waals surface area contributed by atoms with Crippen molar-refractivity contribution in [1.82, 2.24) is 19.4 Å². The molecule has 3 aromatic heterocycles. The molecule has 0 bridgehead atoms. The Morgan fingerprint density at radius 2 is 2.10 bits per heavy atom. The van der Waals surface area contributed by atoms with Crippen LogP contribution in [-0.4, -0.2) is 45.7 Å². The van der Waals surface area contributed by atoms with E-state index < -0.39 is 0 Å². The highest BCUT2D eigenvalue weighted by molar-refractivity contribution is 7.18. The first-order valence-electron chi connectivity index (χ1n) is 11.0. The second kappa shape index (κ2) is 8.40. The third kappa shape index (κ3) is 4.18. The van der Waals surface area contributed by atoms with Crippen molar-refractivity contribution in [3.8, 4) is 0 Å². The highest BCUT2D eigenvalue weighted by Crippen LogP contribution is 2.42. The van der Waals surface area contributed by atoms with Gasteiger partial charge >= 0.3 is 0 Å². The zero-order valence-corrected chi connectivity index (χ0v) is 19.8. The first-order chi connectivity index (χ1) is 14.3. The SMILES string of the molecule is CCOC[C@]1(CCc2cc3c(ncn3C)s2)CCN(C(C)(C)c2ccc(C)nc2)C1. The molecule has 0 radical (unpaired) electrons. The Morgan fingerprint density at radius 1 is 1.27 bits per heavy atom. The van der Waals surface area contributed by atoms with E-state index in [0.29, 0.717) is 0 Å². The molecule has 0 amide bonds. The summed E-state index contributed by atoms with van der Waals surface area (Å²) in [7, 11) is 2.07. The van der Waals surface area contributed by atoms with Gasteiger partial charge in [0.1, 0.15) is 4.83 Å². The molecule has 4 rings (SSSR count). The van der Waals surface area contributed by atoms with E-state index in [0.717, 1.165) is 49.7 Å². The van der Waals surface area contributed by atoms with Gasteiger partial charge in [-0.05, 0) is 71.2 Å². The van der Waals surface area contributed by atoms with E-state index in [1.54, 1.807) is 0 Å². The van der Waals surface area contributed by atoms with Gasteiger partial charge in [-0.2, -0.15) is 0 Å². The molecule has 0 aliphatic carbocycles. The summed E-state index contributed by atoms with van der Waals surface area (Å²) >= 11 is 1.83. The second-order valence-corrected chi connectivity index (χ2v) is 10.4. The van der Waals surface area contributed by atoms with E-state index >= 15 is 0 Å². The number of rotatable bonds is 8. The van der Waals surface area contributed by atoms with Crippen LogP contribution in [0.15, 0.2) is 30.7 Å². The Kier molecular flexibility index (Phi) is 6.02. The fraction of sp³-hybridized carbons (Fsp3) is 0.583. The van der Waals surface area contributed by atoms with Gasteiger partial charge in [0.15, 0.2) is 0 Å². The van der Waals surface area contributed by atoms with Gasteiger partial charge in [0, 0.05) is 47.9 Å². The van der Waals surface area contributed by atoms with Crippen LogP contribution in [0, 0.1) is 12.3 Å². The third-order valence-electron chi connectivity index (χ3n) is 6.83. The average Bonchev–Trinajstić information content (AvgIpc) is 3.42. The Morgan fingerprint density at radius 3 is 2.80 bits per heavy atom. The molecule has 162 valence electrons. The summed E-state index contributed by atoms with van der Waals surface area (Å²) in [5.74, 6) is 0. The van der Waals surface area contributed by atoms with Gasteiger partial charge in [0.25, 0.3) is 0 Å². The number of aromatic nitrogens is 3. The number of likely N-dealkylation sites (tertiary alicyclic amines) is 1. The summed E-state index contributed by atoms with van der Waals surface area (Å²) in [4.78, 5) is 14.3. The number of aryl methyl sites for hydroxylation is 3. The Labute approximate surface area is 184 Å². The molecule has 6 heteroatoms. The van der Waals surface area contributed by atoms with Gasteiger partial charge in [-0.1, -0.05) is 6.07 Å². The number of nitrogens with zero attached hydrogens (tertiary/aromatic N) is 4. The van der Waals surface area contributed by atoms with E-state index in [1.165, 1.54) is 22.4 Å². The van der Waals surface area contributed by atoms with Crippen molar-refractivity contribution in [3.63, 3.8) is 0 Å². The van der Waals surface area contributed by atoms with Gasteiger partial charge in [-0.15, -0.1) is 11.3 Å². The van der Waals surface area contributed by atoms with Crippen LogP contribution in [0.3, 0.4) is 0 Å². The van der Waals surface area contributed by atoms with Crippen molar-refractivity contribution in [1.29, 1.82) is 0 Å². The fourth-order valence-corrected chi connectivity index (χ4v) is 5.65. The van der Waals surface area contributed by atoms with Gasteiger partial charge < -0.3 is 9.30 Å². The van der Waals surface area contributed by atoms with Gasteiger partial charge in [-0.25, -0.2) is 4.98 Å². The second-order valence-electron chi connectivity index (χ2n) is 9.31. The molecule has 0 spiro atoms. The molecule has 3 aromatic rings. The van der Waals surface area contributed by atoms with E-state index in [4.69, 9.17) is 4.74 Å². The molecule has 1 aliphatic rings. The zero-order chi connectivity index (χ0) is 21.4. The minimum atomic E-state index is -0.0316. The molecule has 4 heterocycles. The number of ether oxygens (including phenoxy) is 1. The normalized spacial score (nSPS) is 20.4. The van der Waals surface area contributed by atoms with Crippen molar-refractivity contribution in [2.75, 3.05) is 26.3 Å². The Hall–Kier alpha value is -1.76. The fourth-order valence-electron chi connectivity index (χ4n) is 4.62.